The Balaban J connectivity index is 0.000000621. The lowest BCUT2D eigenvalue weighted by atomic mass is 10.3. The van der Waals surface area contributed by atoms with E-state index in [4.69, 9.17) is 28.3 Å². The van der Waals surface area contributed by atoms with Crippen molar-refractivity contribution in [3.63, 3.8) is 0 Å². The summed E-state index contributed by atoms with van der Waals surface area (Å²) in [4.78, 5) is 30.9. The van der Waals surface area contributed by atoms with Crippen LogP contribution in [-0.2, 0) is 13.7 Å². The summed E-state index contributed by atoms with van der Waals surface area (Å²) < 4.78 is 29.9. The molecule has 1 rings (SSSR count). The van der Waals surface area contributed by atoms with E-state index >= 15 is 0 Å². The van der Waals surface area contributed by atoms with Gasteiger partial charge in [-0.05, 0) is 18.6 Å². The predicted molar refractivity (Wildman–Crippen MR) is 72.0 cm³/mol. The van der Waals surface area contributed by atoms with Crippen molar-refractivity contribution in [1.82, 2.24) is 0 Å². The molecule has 0 saturated carbocycles. The first-order chi connectivity index (χ1) is 9.14. The number of phosphoric ester groups is 1. The Labute approximate surface area is 116 Å². The van der Waals surface area contributed by atoms with E-state index in [2.05, 4.69) is 0 Å². The monoisotopic (exact) mass is 328 g/mol. The Morgan fingerprint density at radius 3 is 2.00 bits per heavy atom. The van der Waals surface area contributed by atoms with Gasteiger partial charge in [-0.3, -0.25) is 9.42 Å². The van der Waals surface area contributed by atoms with Gasteiger partial charge in [0.25, 0.3) is 0 Å². The van der Waals surface area contributed by atoms with E-state index < -0.39 is 15.6 Å². The maximum atomic E-state index is 11.4. The summed E-state index contributed by atoms with van der Waals surface area (Å²) in [7, 11) is -8.58. The molecule has 0 aromatic heterocycles. The van der Waals surface area contributed by atoms with E-state index in [1.165, 1.54) is 0 Å². The van der Waals surface area contributed by atoms with Crippen molar-refractivity contribution in [2.75, 3.05) is 6.61 Å². The highest BCUT2D eigenvalue weighted by Crippen LogP contribution is 2.43. The Hall–Kier alpha value is -0.720. The van der Waals surface area contributed by atoms with E-state index in [-0.39, 0.29) is 6.61 Å². The molecule has 0 aliphatic heterocycles. The van der Waals surface area contributed by atoms with Crippen molar-refractivity contribution in [1.29, 1.82) is 0 Å². The molecule has 20 heavy (non-hydrogen) atoms. The lowest BCUT2D eigenvalue weighted by molar-refractivity contribution is 0.200. The summed E-state index contributed by atoms with van der Waals surface area (Å²) in [6.07, 6.45) is 1.65. The van der Waals surface area contributed by atoms with Gasteiger partial charge in [0.2, 0.25) is 0 Å². The fourth-order valence-corrected chi connectivity index (χ4v) is 1.77. The molecule has 1 unspecified atom stereocenters. The van der Waals surface area contributed by atoms with Gasteiger partial charge in [0.05, 0.1) is 6.61 Å². The van der Waals surface area contributed by atoms with Gasteiger partial charge in [0.1, 0.15) is 5.75 Å². The molecule has 0 amide bonds. The van der Waals surface area contributed by atoms with E-state index in [1.54, 1.807) is 30.3 Å². The quantitative estimate of drug-likeness (QED) is 0.460. The second-order valence-electron chi connectivity index (χ2n) is 3.57. The number of unbranched alkanes of at least 4 members (excludes halogenated alkanes) is 1. The SMILES string of the molecule is CCCCOP(=O)(O)Oc1ccccc1.O=P(O)(O)O. The van der Waals surface area contributed by atoms with Gasteiger partial charge >= 0.3 is 15.6 Å². The summed E-state index contributed by atoms with van der Waals surface area (Å²) in [6.45, 7) is 2.21. The largest absolute Gasteiger partial charge is 0.527 e. The Bertz CT molecular complexity index is 449. The molecule has 4 N–H and O–H groups in total. The Kier molecular flexibility index (Phi) is 8.93. The molecular weight excluding hydrogens is 310 g/mol. The van der Waals surface area contributed by atoms with E-state index in [9.17, 15) is 9.46 Å². The number of hydrogen-bond acceptors (Lipinski definition) is 4. The van der Waals surface area contributed by atoms with Crippen molar-refractivity contribution < 1.29 is 37.8 Å². The third kappa shape index (κ3) is 13.7. The first-order valence-electron chi connectivity index (χ1n) is 5.64. The number of para-hydroxylation sites is 1. The molecule has 0 radical (unpaired) electrons. The fraction of sp³-hybridized carbons (Fsp3) is 0.400. The molecule has 0 aliphatic carbocycles. The van der Waals surface area contributed by atoms with Crippen LogP contribution in [0.15, 0.2) is 30.3 Å². The van der Waals surface area contributed by atoms with Crippen LogP contribution in [0.3, 0.4) is 0 Å². The zero-order chi connectivity index (χ0) is 15.6. The van der Waals surface area contributed by atoms with Crippen molar-refractivity contribution in [3.05, 3.63) is 30.3 Å². The molecule has 1 aromatic carbocycles. The first kappa shape index (κ1) is 19.3. The molecule has 0 aliphatic rings. The van der Waals surface area contributed by atoms with Crippen LogP contribution in [0, 0.1) is 0 Å². The number of hydrogen-bond donors (Lipinski definition) is 4. The molecule has 116 valence electrons. The van der Waals surface area contributed by atoms with Gasteiger partial charge in [0.15, 0.2) is 0 Å². The minimum Gasteiger partial charge on any atom is -0.404 e. The Morgan fingerprint density at radius 1 is 1.05 bits per heavy atom. The first-order valence-corrected chi connectivity index (χ1v) is 8.70. The molecule has 0 fully saturated rings. The molecule has 1 aromatic rings. The lowest BCUT2D eigenvalue weighted by Gasteiger charge is -2.12. The second-order valence-corrected chi connectivity index (χ2v) is 5.98. The maximum Gasteiger partial charge on any atom is 0.527 e. The zero-order valence-corrected chi connectivity index (χ0v) is 12.6. The lowest BCUT2D eigenvalue weighted by Crippen LogP contribution is -1.98. The number of phosphoric acid groups is 2. The topological polar surface area (TPSA) is 134 Å². The van der Waals surface area contributed by atoms with Crippen LogP contribution in [0.2, 0.25) is 0 Å². The van der Waals surface area contributed by atoms with Crippen molar-refractivity contribution in [2.24, 2.45) is 0 Å². The number of rotatable bonds is 6. The average molecular weight is 328 g/mol. The van der Waals surface area contributed by atoms with Crippen molar-refractivity contribution in [3.8, 4) is 5.75 Å². The van der Waals surface area contributed by atoms with Crippen LogP contribution in [0.25, 0.3) is 0 Å². The van der Waals surface area contributed by atoms with Crippen LogP contribution in [0.4, 0.5) is 0 Å². The average Bonchev–Trinajstić information content (AvgIpc) is 2.27. The smallest absolute Gasteiger partial charge is 0.404 e. The third-order valence-electron chi connectivity index (χ3n) is 1.72. The zero-order valence-electron chi connectivity index (χ0n) is 10.8. The standard InChI is InChI=1S/C10H15O4P.H3O4P/c1-2-3-9-13-15(11,12)14-10-7-5-4-6-8-10;1-5(2,3)4/h4-8H,2-3,9H2,1H3,(H,11,12);(H3,1,2,3,4). The predicted octanol–water partition coefficient (Wildman–Crippen LogP) is 2.05. The van der Waals surface area contributed by atoms with Crippen LogP contribution in [0.5, 0.6) is 5.75 Å². The minimum atomic E-state index is -4.64. The van der Waals surface area contributed by atoms with Crippen LogP contribution >= 0.6 is 15.6 Å². The highest BCUT2D eigenvalue weighted by Gasteiger charge is 2.22. The third-order valence-corrected chi connectivity index (χ3v) is 2.67. The highest BCUT2D eigenvalue weighted by atomic mass is 31.2. The summed E-state index contributed by atoms with van der Waals surface area (Å²) in [5, 5.41) is 0. The normalized spacial score (nSPS) is 13.8. The molecule has 10 heteroatoms. The van der Waals surface area contributed by atoms with Gasteiger partial charge in [-0.15, -0.1) is 0 Å². The highest BCUT2D eigenvalue weighted by molar-refractivity contribution is 7.47. The molecule has 1 atom stereocenters. The summed E-state index contributed by atoms with van der Waals surface area (Å²) in [5.41, 5.74) is 0. The van der Waals surface area contributed by atoms with Crippen LogP contribution < -0.4 is 4.52 Å². The molecular formula is C10H18O8P2. The van der Waals surface area contributed by atoms with E-state index in [1.807, 2.05) is 6.92 Å². The summed E-state index contributed by atoms with van der Waals surface area (Å²) in [6, 6.07) is 8.45. The minimum absolute atomic E-state index is 0.233. The molecule has 8 nitrogen and oxygen atoms in total. The van der Waals surface area contributed by atoms with Crippen molar-refractivity contribution >= 4 is 15.6 Å². The molecule has 0 bridgehead atoms. The Morgan fingerprint density at radius 2 is 1.55 bits per heavy atom. The summed E-state index contributed by atoms with van der Waals surface area (Å²) in [5.74, 6) is 0.333. The summed E-state index contributed by atoms with van der Waals surface area (Å²) >= 11 is 0. The number of benzene rings is 1. The molecule has 0 spiro atoms. The van der Waals surface area contributed by atoms with Crippen LogP contribution in [-0.4, -0.2) is 26.2 Å². The van der Waals surface area contributed by atoms with Gasteiger partial charge in [-0.1, -0.05) is 31.5 Å². The van der Waals surface area contributed by atoms with Gasteiger partial charge in [0, 0.05) is 0 Å². The van der Waals surface area contributed by atoms with E-state index in [0.717, 1.165) is 12.8 Å². The maximum absolute atomic E-state index is 11.4. The molecule has 0 saturated heterocycles. The van der Waals surface area contributed by atoms with Gasteiger partial charge in [-0.2, -0.15) is 0 Å². The molecule has 0 heterocycles. The van der Waals surface area contributed by atoms with Gasteiger partial charge in [-0.25, -0.2) is 9.13 Å². The van der Waals surface area contributed by atoms with Crippen molar-refractivity contribution in [2.45, 2.75) is 19.8 Å². The van der Waals surface area contributed by atoms with E-state index in [0.29, 0.717) is 5.75 Å². The van der Waals surface area contributed by atoms with Gasteiger partial charge < -0.3 is 19.2 Å². The second kappa shape index (κ2) is 9.26. The fourth-order valence-electron chi connectivity index (χ4n) is 0.965. The van der Waals surface area contributed by atoms with Crippen LogP contribution in [0.1, 0.15) is 19.8 Å².